The molecule has 154 valence electrons. The molecule has 0 atom stereocenters. The maximum Gasteiger partial charge on any atom is 0.248 e. The van der Waals surface area contributed by atoms with E-state index in [4.69, 9.17) is 9.47 Å². The van der Waals surface area contributed by atoms with Gasteiger partial charge in [-0.25, -0.2) is 8.42 Å². The Morgan fingerprint density at radius 1 is 1.07 bits per heavy atom. The normalized spacial score (nSPS) is 12.3. The van der Waals surface area contributed by atoms with Crippen LogP contribution < -0.4 is 14.3 Å². The molecule has 0 aliphatic carbocycles. The first-order valence-electron chi connectivity index (χ1n) is 8.92. The zero-order valence-corrected chi connectivity index (χ0v) is 18.0. The Hall–Kier alpha value is -2.65. The molecule has 3 rings (SSSR count). The van der Waals surface area contributed by atoms with E-state index in [0.717, 1.165) is 16.0 Å². The maximum atomic E-state index is 12.4. The lowest BCUT2D eigenvalue weighted by molar-refractivity contribution is -0.118. The van der Waals surface area contributed by atoms with Gasteiger partial charge in [-0.3, -0.25) is 4.79 Å². The minimum Gasteiger partial charge on any atom is -0.497 e. The van der Waals surface area contributed by atoms with Gasteiger partial charge in [0.2, 0.25) is 5.91 Å². The molecule has 1 heterocycles. The van der Waals surface area contributed by atoms with Gasteiger partial charge in [-0.05, 0) is 48.9 Å². The summed E-state index contributed by atoms with van der Waals surface area (Å²) in [6.07, 6.45) is 0.270. The summed E-state index contributed by atoms with van der Waals surface area (Å²) >= 11 is 1.39. The van der Waals surface area contributed by atoms with E-state index in [1.54, 1.807) is 19.2 Å². The Labute approximate surface area is 173 Å². The van der Waals surface area contributed by atoms with Gasteiger partial charge in [-0.2, -0.15) is 4.99 Å². The molecule has 0 unspecified atom stereocenters. The number of carbonyl (C=O) groups is 1. The minimum absolute atomic E-state index is 0.0625. The van der Waals surface area contributed by atoms with Crippen molar-refractivity contribution in [2.45, 2.75) is 17.7 Å². The number of methoxy groups -OCH3 is 2. The Morgan fingerprint density at radius 3 is 2.38 bits per heavy atom. The quantitative estimate of drug-likeness (QED) is 0.571. The van der Waals surface area contributed by atoms with Crippen molar-refractivity contribution in [3.8, 4) is 11.5 Å². The van der Waals surface area contributed by atoms with E-state index in [1.807, 2.05) is 29.8 Å². The zero-order chi connectivity index (χ0) is 21.0. The number of hydrogen-bond acceptors (Lipinski definition) is 6. The molecular formula is C20H22N2O5S2. The first kappa shape index (κ1) is 21.1. The third-order valence-electron chi connectivity index (χ3n) is 4.46. The first-order valence-corrected chi connectivity index (χ1v) is 11.4. The number of nitrogens with zero attached hydrogens (tertiary/aromatic N) is 2. The van der Waals surface area contributed by atoms with Gasteiger partial charge in [0.25, 0.3) is 0 Å². The van der Waals surface area contributed by atoms with Gasteiger partial charge in [-0.15, -0.1) is 0 Å². The molecule has 0 aliphatic heterocycles. The monoisotopic (exact) mass is 434 g/mol. The predicted octanol–water partition coefficient (Wildman–Crippen LogP) is 2.94. The summed E-state index contributed by atoms with van der Waals surface area (Å²) < 4.78 is 37.9. The summed E-state index contributed by atoms with van der Waals surface area (Å²) in [5, 5.41) is 0. The van der Waals surface area contributed by atoms with E-state index in [9.17, 15) is 13.2 Å². The molecular weight excluding hydrogens is 412 g/mol. The molecule has 1 aromatic heterocycles. The van der Waals surface area contributed by atoms with E-state index in [1.165, 1.54) is 30.6 Å². The molecule has 3 aromatic rings. The van der Waals surface area contributed by atoms with Gasteiger partial charge < -0.3 is 14.0 Å². The molecule has 0 bridgehead atoms. The fourth-order valence-electron chi connectivity index (χ4n) is 2.82. The summed E-state index contributed by atoms with van der Waals surface area (Å²) in [7, 11) is 1.50. The lowest BCUT2D eigenvalue weighted by Gasteiger charge is -2.05. The molecule has 1 amide bonds. The van der Waals surface area contributed by atoms with Crippen molar-refractivity contribution in [3.63, 3.8) is 0 Å². The van der Waals surface area contributed by atoms with Gasteiger partial charge in [0, 0.05) is 13.5 Å². The van der Waals surface area contributed by atoms with Crippen LogP contribution in [-0.4, -0.2) is 38.9 Å². The molecule has 0 saturated heterocycles. The van der Waals surface area contributed by atoms with E-state index in [2.05, 4.69) is 4.99 Å². The highest BCUT2D eigenvalue weighted by atomic mass is 32.2. The van der Waals surface area contributed by atoms with E-state index >= 15 is 0 Å². The highest BCUT2D eigenvalue weighted by Gasteiger charge is 2.15. The molecule has 9 heteroatoms. The number of rotatable bonds is 7. The van der Waals surface area contributed by atoms with E-state index in [0.29, 0.717) is 10.6 Å². The van der Waals surface area contributed by atoms with E-state index < -0.39 is 9.84 Å². The molecule has 0 aliphatic rings. The molecule has 0 N–H and O–H groups in total. The Morgan fingerprint density at radius 2 is 1.72 bits per heavy atom. The smallest absolute Gasteiger partial charge is 0.248 e. The van der Waals surface area contributed by atoms with Gasteiger partial charge in [0.1, 0.15) is 11.5 Å². The molecule has 2 aromatic carbocycles. The van der Waals surface area contributed by atoms with Gasteiger partial charge in [0.15, 0.2) is 14.6 Å². The van der Waals surface area contributed by atoms with Crippen LogP contribution in [0.15, 0.2) is 52.4 Å². The van der Waals surface area contributed by atoms with Crippen LogP contribution in [0, 0.1) is 0 Å². The fraction of sp³-hybridized carbons (Fsp3) is 0.300. The largest absolute Gasteiger partial charge is 0.497 e. The molecule has 0 spiro atoms. The number of ether oxygens (including phenoxy) is 2. The second-order valence-electron chi connectivity index (χ2n) is 6.38. The Bertz CT molecular complexity index is 1190. The third-order valence-corrected chi connectivity index (χ3v) is 7.37. The first-order chi connectivity index (χ1) is 13.8. The number of fused-ring (bicyclic) bond motifs is 1. The fourth-order valence-corrected chi connectivity index (χ4v) is 5.20. The van der Waals surface area contributed by atoms with Crippen molar-refractivity contribution in [3.05, 3.63) is 47.3 Å². The Balaban J connectivity index is 1.67. The predicted molar refractivity (Wildman–Crippen MR) is 112 cm³/mol. The molecule has 0 saturated carbocycles. The van der Waals surface area contributed by atoms with Crippen LogP contribution >= 0.6 is 11.3 Å². The van der Waals surface area contributed by atoms with E-state index in [-0.39, 0.29) is 29.4 Å². The number of hydrogen-bond donors (Lipinski definition) is 0. The second kappa shape index (κ2) is 8.79. The lowest BCUT2D eigenvalue weighted by Crippen LogP contribution is -2.14. The average molecular weight is 435 g/mol. The summed E-state index contributed by atoms with van der Waals surface area (Å²) in [4.78, 5) is 17.2. The lowest BCUT2D eigenvalue weighted by atomic mass is 10.3. The third kappa shape index (κ3) is 4.86. The van der Waals surface area contributed by atoms with Crippen LogP contribution in [-0.2, 0) is 21.7 Å². The Kier molecular flexibility index (Phi) is 6.39. The molecule has 0 fully saturated rings. The molecule has 0 radical (unpaired) electrons. The van der Waals surface area contributed by atoms with Gasteiger partial charge in [0.05, 0.1) is 35.1 Å². The molecule has 7 nitrogen and oxygen atoms in total. The van der Waals surface area contributed by atoms with Crippen LogP contribution in [0.2, 0.25) is 0 Å². The number of aromatic nitrogens is 1. The summed E-state index contributed by atoms with van der Waals surface area (Å²) in [5.41, 5.74) is 0.949. The number of amides is 1. The second-order valence-corrected chi connectivity index (χ2v) is 9.50. The molecule has 29 heavy (non-hydrogen) atoms. The van der Waals surface area contributed by atoms with Crippen molar-refractivity contribution in [1.29, 1.82) is 0 Å². The zero-order valence-electron chi connectivity index (χ0n) is 16.4. The maximum absolute atomic E-state index is 12.4. The van der Waals surface area contributed by atoms with Crippen LogP contribution in [0.25, 0.3) is 10.2 Å². The highest BCUT2D eigenvalue weighted by molar-refractivity contribution is 7.91. The average Bonchev–Trinajstić information content (AvgIpc) is 3.02. The topological polar surface area (TPSA) is 87.0 Å². The highest BCUT2D eigenvalue weighted by Crippen LogP contribution is 2.22. The van der Waals surface area contributed by atoms with Crippen LogP contribution in [0.4, 0.5) is 0 Å². The number of aryl methyl sites for hydroxylation is 1. The minimum atomic E-state index is -3.46. The number of benzene rings is 2. The SMILES string of the molecule is COc1ccc(S(=O)(=O)CCCC(=O)N=c2sc3cc(OC)ccc3n2C)cc1. The van der Waals surface area contributed by atoms with Crippen molar-refractivity contribution in [2.24, 2.45) is 12.0 Å². The number of thiazole rings is 1. The number of carbonyl (C=O) groups excluding carboxylic acids is 1. The summed E-state index contributed by atoms with van der Waals surface area (Å²) in [6.45, 7) is 0. The van der Waals surface area contributed by atoms with Crippen molar-refractivity contribution >= 4 is 37.3 Å². The van der Waals surface area contributed by atoms with Crippen molar-refractivity contribution in [1.82, 2.24) is 4.57 Å². The van der Waals surface area contributed by atoms with Crippen molar-refractivity contribution in [2.75, 3.05) is 20.0 Å². The summed E-state index contributed by atoms with van der Waals surface area (Å²) in [5.74, 6) is 0.868. The van der Waals surface area contributed by atoms with Crippen LogP contribution in [0.5, 0.6) is 11.5 Å². The van der Waals surface area contributed by atoms with Gasteiger partial charge in [-0.1, -0.05) is 11.3 Å². The summed E-state index contributed by atoms with van der Waals surface area (Å²) in [6, 6.07) is 11.9. The van der Waals surface area contributed by atoms with Gasteiger partial charge >= 0.3 is 0 Å². The van der Waals surface area contributed by atoms with Crippen molar-refractivity contribution < 1.29 is 22.7 Å². The standard InChI is InChI=1S/C20H22N2O5S2/c1-22-17-11-8-15(27-3)13-18(17)28-20(22)21-19(23)5-4-12-29(24,25)16-9-6-14(26-2)7-10-16/h6-11,13H,4-5,12H2,1-3H3. The number of sulfone groups is 1. The van der Waals surface area contributed by atoms with Crippen LogP contribution in [0.1, 0.15) is 12.8 Å². The van der Waals surface area contributed by atoms with Crippen LogP contribution in [0.3, 0.4) is 0 Å².